The van der Waals surface area contributed by atoms with Crippen molar-refractivity contribution in [1.29, 1.82) is 0 Å². The SMILES string of the molecule is C=N/C=C(C)\C=C/CC(C)(C)C. The topological polar surface area (TPSA) is 12.4 Å². The first-order chi connectivity index (χ1) is 5.45. The van der Waals surface area contributed by atoms with Crippen LogP contribution in [0, 0.1) is 5.41 Å². The van der Waals surface area contributed by atoms with Gasteiger partial charge < -0.3 is 0 Å². The standard InChI is InChI=1S/C11H19N/c1-10(9-12-5)7-6-8-11(2,3)4/h6-7,9H,5,8H2,1-4H3/b7-6-,10-9-. The van der Waals surface area contributed by atoms with Gasteiger partial charge in [-0.25, -0.2) is 0 Å². The number of nitrogens with zero attached hydrogens (tertiary/aromatic N) is 1. The van der Waals surface area contributed by atoms with Crippen molar-refractivity contribution in [3.63, 3.8) is 0 Å². The molecule has 0 aromatic rings. The average Bonchev–Trinajstić information content (AvgIpc) is 1.84. The monoisotopic (exact) mass is 165 g/mol. The zero-order chi connectivity index (χ0) is 9.61. The van der Waals surface area contributed by atoms with Crippen molar-refractivity contribution in [3.8, 4) is 0 Å². The zero-order valence-corrected chi connectivity index (χ0v) is 8.59. The van der Waals surface area contributed by atoms with Crippen LogP contribution in [0.4, 0.5) is 0 Å². The summed E-state index contributed by atoms with van der Waals surface area (Å²) < 4.78 is 0. The van der Waals surface area contributed by atoms with E-state index < -0.39 is 0 Å². The minimum Gasteiger partial charge on any atom is -0.272 e. The van der Waals surface area contributed by atoms with Crippen LogP contribution in [0.2, 0.25) is 0 Å². The second-order valence-electron chi connectivity index (χ2n) is 4.22. The highest BCUT2D eigenvalue weighted by molar-refractivity contribution is 5.28. The van der Waals surface area contributed by atoms with Gasteiger partial charge in [-0.15, -0.1) is 0 Å². The van der Waals surface area contributed by atoms with E-state index in [1.165, 1.54) is 0 Å². The first-order valence-corrected chi connectivity index (χ1v) is 4.25. The van der Waals surface area contributed by atoms with Crippen LogP contribution in [0.5, 0.6) is 0 Å². The van der Waals surface area contributed by atoms with E-state index in [1.54, 1.807) is 6.20 Å². The maximum Gasteiger partial charge on any atom is 0.0289 e. The Hall–Kier alpha value is -0.850. The van der Waals surface area contributed by atoms with E-state index in [0.717, 1.165) is 12.0 Å². The molecule has 0 rings (SSSR count). The van der Waals surface area contributed by atoms with E-state index in [9.17, 15) is 0 Å². The quantitative estimate of drug-likeness (QED) is 0.447. The fraction of sp³-hybridized carbons (Fsp3) is 0.545. The van der Waals surface area contributed by atoms with Crippen molar-refractivity contribution in [1.82, 2.24) is 0 Å². The largest absolute Gasteiger partial charge is 0.272 e. The van der Waals surface area contributed by atoms with E-state index in [-0.39, 0.29) is 0 Å². The third-order valence-electron chi connectivity index (χ3n) is 1.41. The van der Waals surface area contributed by atoms with E-state index in [0.29, 0.717) is 5.41 Å². The number of hydrogen-bond donors (Lipinski definition) is 0. The summed E-state index contributed by atoms with van der Waals surface area (Å²) in [6, 6.07) is 0. The highest BCUT2D eigenvalue weighted by atomic mass is 14.6. The Kier molecular flexibility index (Phi) is 4.57. The molecule has 0 amide bonds. The van der Waals surface area contributed by atoms with Gasteiger partial charge in [0.15, 0.2) is 0 Å². The Morgan fingerprint density at radius 1 is 1.42 bits per heavy atom. The lowest BCUT2D eigenvalue weighted by molar-refractivity contribution is 0.420. The van der Waals surface area contributed by atoms with Crippen LogP contribution in [0.3, 0.4) is 0 Å². The third kappa shape index (κ3) is 7.26. The summed E-state index contributed by atoms with van der Waals surface area (Å²) in [5, 5.41) is 0. The molecule has 0 aliphatic rings. The molecule has 0 aromatic heterocycles. The first-order valence-electron chi connectivity index (χ1n) is 4.25. The Morgan fingerprint density at radius 3 is 2.42 bits per heavy atom. The van der Waals surface area contributed by atoms with Gasteiger partial charge in [-0.05, 0) is 31.1 Å². The maximum absolute atomic E-state index is 3.69. The van der Waals surface area contributed by atoms with Gasteiger partial charge in [0.25, 0.3) is 0 Å². The molecule has 0 N–H and O–H groups in total. The smallest absolute Gasteiger partial charge is 0.0289 e. The van der Waals surface area contributed by atoms with Gasteiger partial charge >= 0.3 is 0 Å². The van der Waals surface area contributed by atoms with Crippen molar-refractivity contribution in [2.45, 2.75) is 34.1 Å². The van der Waals surface area contributed by atoms with E-state index in [1.807, 2.05) is 6.92 Å². The molecule has 12 heavy (non-hydrogen) atoms. The molecule has 0 atom stereocenters. The fourth-order valence-corrected chi connectivity index (χ4v) is 0.785. The van der Waals surface area contributed by atoms with Crippen molar-refractivity contribution >= 4 is 6.72 Å². The molecular weight excluding hydrogens is 146 g/mol. The molecule has 0 fully saturated rings. The van der Waals surface area contributed by atoms with Crippen LogP contribution < -0.4 is 0 Å². The van der Waals surface area contributed by atoms with Gasteiger partial charge in [0.05, 0.1) is 0 Å². The molecule has 0 aromatic carbocycles. The Morgan fingerprint density at radius 2 is 2.00 bits per heavy atom. The molecule has 0 aliphatic carbocycles. The molecule has 0 saturated carbocycles. The number of allylic oxidation sites excluding steroid dienone is 3. The molecule has 0 bridgehead atoms. The minimum atomic E-state index is 0.373. The maximum atomic E-state index is 3.69. The third-order valence-corrected chi connectivity index (χ3v) is 1.41. The molecule has 1 heteroatoms. The minimum absolute atomic E-state index is 0.373. The Balaban J connectivity index is 3.93. The predicted octanol–water partition coefficient (Wildman–Crippen LogP) is 3.58. The van der Waals surface area contributed by atoms with Gasteiger partial charge in [0.1, 0.15) is 0 Å². The molecule has 0 spiro atoms. The molecule has 0 heterocycles. The molecular formula is C11H19N. The fourth-order valence-electron chi connectivity index (χ4n) is 0.785. The molecule has 0 unspecified atom stereocenters. The lowest BCUT2D eigenvalue weighted by atomic mass is 9.92. The van der Waals surface area contributed by atoms with Gasteiger partial charge in [-0.1, -0.05) is 32.9 Å². The molecule has 0 radical (unpaired) electrons. The van der Waals surface area contributed by atoms with Crippen LogP contribution in [-0.2, 0) is 0 Å². The zero-order valence-electron chi connectivity index (χ0n) is 8.59. The van der Waals surface area contributed by atoms with Gasteiger partial charge in [-0.2, -0.15) is 0 Å². The Bertz CT molecular complexity index is 192. The van der Waals surface area contributed by atoms with Crippen molar-refractivity contribution in [3.05, 3.63) is 23.9 Å². The summed E-state index contributed by atoms with van der Waals surface area (Å²) in [4.78, 5) is 3.69. The van der Waals surface area contributed by atoms with Crippen molar-refractivity contribution in [2.75, 3.05) is 0 Å². The Labute approximate surface area is 75.9 Å². The van der Waals surface area contributed by atoms with E-state index in [4.69, 9.17) is 0 Å². The molecule has 68 valence electrons. The van der Waals surface area contributed by atoms with Crippen molar-refractivity contribution < 1.29 is 0 Å². The normalized spacial score (nSPS) is 13.8. The lowest BCUT2D eigenvalue weighted by Gasteiger charge is -2.14. The lowest BCUT2D eigenvalue weighted by Crippen LogP contribution is -2.01. The first kappa shape index (κ1) is 11.2. The summed E-state index contributed by atoms with van der Waals surface area (Å²) in [6.07, 6.45) is 7.12. The molecule has 0 saturated heterocycles. The number of hydrogen-bond acceptors (Lipinski definition) is 1. The molecule has 0 aliphatic heterocycles. The number of rotatable bonds is 3. The van der Waals surface area contributed by atoms with Crippen LogP contribution >= 0.6 is 0 Å². The summed E-state index contributed by atoms with van der Waals surface area (Å²) in [6.45, 7) is 12.1. The van der Waals surface area contributed by atoms with Gasteiger partial charge in [-0.3, -0.25) is 4.99 Å². The molecule has 1 nitrogen and oxygen atoms in total. The predicted molar refractivity (Wildman–Crippen MR) is 56.5 cm³/mol. The summed E-state index contributed by atoms with van der Waals surface area (Å²) in [5.74, 6) is 0. The highest BCUT2D eigenvalue weighted by Gasteiger charge is 2.05. The van der Waals surface area contributed by atoms with E-state index >= 15 is 0 Å². The summed E-state index contributed by atoms with van der Waals surface area (Å²) in [7, 11) is 0. The van der Waals surface area contributed by atoms with E-state index in [2.05, 4.69) is 44.6 Å². The number of aliphatic imine (C=N–C) groups is 1. The van der Waals surface area contributed by atoms with Crippen LogP contribution in [0.15, 0.2) is 28.9 Å². The van der Waals surface area contributed by atoms with Crippen LogP contribution in [0.25, 0.3) is 0 Å². The highest BCUT2D eigenvalue weighted by Crippen LogP contribution is 2.19. The van der Waals surface area contributed by atoms with Gasteiger partial charge in [0, 0.05) is 6.20 Å². The van der Waals surface area contributed by atoms with Crippen LogP contribution in [0.1, 0.15) is 34.1 Å². The van der Waals surface area contributed by atoms with Gasteiger partial charge in [0.2, 0.25) is 0 Å². The van der Waals surface area contributed by atoms with Crippen molar-refractivity contribution in [2.24, 2.45) is 10.4 Å². The van der Waals surface area contributed by atoms with Crippen LogP contribution in [-0.4, -0.2) is 6.72 Å². The second-order valence-corrected chi connectivity index (χ2v) is 4.22. The average molecular weight is 165 g/mol. The summed E-state index contributed by atoms with van der Waals surface area (Å²) >= 11 is 0. The second kappa shape index (κ2) is 4.91. The summed E-state index contributed by atoms with van der Waals surface area (Å²) in [5.41, 5.74) is 1.52.